The molecule has 1 amide bonds. The standard InChI is InChI=1S/C20H26N4O2.ClH/c1-3-13(2)18(25)24-12-15-8-5-4-7-14(15)11-16(24)17-22-19(23-26-17)20(21)9-6-10-20;/h4-5,7-8,13,16H,3,6,9-12,21H2,1-2H3;1H. The SMILES string of the molecule is CCC(C)C(=O)N1Cc2ccccc2CC1c1nc(C2(N)CCC2)no1.Cl. The zero-order valence-electron chi connectivity index (χ0n) is 15.9. The van der Waals surface area contributed by atoms with Crippen molar-refractivity contribution in [3.05, 3.63) is 47.1 Å². The van der Waals surface area contributed by atoms with Crippen molar-refractivity contribution in [1.82, 2.24) is 15.0 Å². The minimum Gasteiger partial charge on any atom is -0.337 e. The smallest absolute Gasteiger partial charge is 0.249 e. The molecule has 0 saturated heterocycles. The number of benzene rings is 1. The molecule has 1 aromatic heterocycles. The number of fused-ring (bicyclic) bond motifs is 1. The Balaban J connectivity index is 0.00000210. The monoisotopic (exact) mass is 390 g/mol. The summed E-state index contributed by atoms with van der Waals surface area (Å²) in [6, 6.07) is 8.03. The lowest BCUT2D eigenvalue weighted by atomic mass is 9.77. The van der Waals surface area contributed by atoms with Gasteiger partial charge in [0.05, 0.1) is 5.54 Å². The second kappa shape index (κ2) is 7.60. The van der Waals surface area contributed by atoms with Crippen molar-refractivity contribution in [2.24, 2.45) is 11.7 Å². The highest BCUT2D eigenvalue weighted by atomic mass is 35.5. The van der Waals surface area contributed by atoms with Gasteiger partial charge in [0.2, 0.25) is 11.8 Å². The first kappa shape index (κ1) is 19.8. The molecule has 2 aliphatic rings. The number of carbonyl (C=O) groups excluding carboxylic acids is 1. The summed E-state index contributed by atoms with van der Waals surface area (Å²) in [6.45, 7) is 4.59. The number of amides is 1. The lowest BCUT2D eigenvalue weighted by Gasteiger charge is -2.36. The Bertz CT molecular complexity index is 818. The topological polar surface area (TPSA) is 85.2 Å². The summed E-state index contributed by atoms with van der Waals surface area (Å²) >= 11 is 0. The predicted octanol–water partition coefficient (Wildman–Crippen LogP) is 3.50. The number of halogens is 1. The maximum atomic E-state index is 13.0. The summed E-state index contributed by atoms with van der Waals surface area (Å²) in [5.41, 5.74) is 8.31. The fourth-order valence-corrected chi connectivity index (χ4v) is 3.79. The van der Waals surface area contributed by atoms with Crippen LogP contribution in [0, 0.1) is 5.92 Å². The van der Waals surface area contributed by atoms with E-state index >= 15 is 0 Å². The van der Waals surface area contributed by atoms with Crippen LogP contribution < -0.4 is 5.73 Å². The van der Waals surface area contributed by atoms with E-state index in [1.165, 1.54) is 11.1 Å². The number of nitrogens with zero attached hydrogens (tertiary/aromatic N) is 3. The van der Waals surface area contributed by atoms with Gasteiger partial charge in [0.25, 0.3) is 0 Å². The van der Waals surface area contributed by atoms with E-state index in [1.807, 2.05) is 30.9 Å². The molecule has 1 saturated carbocycles. The summed E-state index contributed by atoms with van der Waals surface area (Å²) in [4.78, 5) is 19.5. The van der Waals surface area contributed by atoms with Crippen molar-refractivity contribution < 1.29 is 9.32 Å². The molecule has 2 unspecified atom stereocenters. The molecule has 4 rings (SSSR count). The summed E-state index contributed by atoms with van der Waals surface area (Å²) in [5.74, 6) is 1.19. The molecule has 27 heavy (non-hydrogen) atoms. The van der Waals surface area contributed by atoms with Gasteiger partial charge in [0.15, 0.2) is 5.82 Å². The lowest BCUT2D eigenvalue weighted by Crippen LogP contribution is -2.44. The van der Waals surface area contributed by atoms with Gasteiger partial charge in [-0.15, -0.1) is 12.4 Å². The van der Waals surface area contributed by atoms with Crippen LogP contribution in [-0.2, 0) is 23.3 Å². The van der Waals surface area contributed by atoms with E-state index in [9.17, 15) is 4.79 Å². The number of nitrogens with two attached hydrogens (primary N) is 1. The maximum absolute atomic E-state index is 13.0. The molecule has 0 bridgehead atoms. The van der Waals surface area contributed by atoms with Crippen molar-refractivity contribution in [2.75, 3.05) is 0 Å². The van der Waals surface area contributed by atoms with Crippen LogP contribution in [0.3, 0.4) is 0 Å². The van der Waals surface area contributed by atoms with Crippen molar-refractivity contribution in [1.29, 1.82) is 0 Å². The van der Waals surface area contributed by atoms with E-state index in [1.54, 1.807) is 0 Å². The van der Waals surface area contributed by atoms with Crippen LogP contribution in [0.15, 0.2) is 28.8 Å². The fourth-order valence-electron chi connectivity index (χ4n) is 3.79. The van der Waals surface area contributed by atoms with Gasteiger partial charge < -0.3 is 15.2 Å². The van der Waals surface area contributed by atoms with Crippen molar-refractivity contribution >= 4 is 18.3 Å². The summed E-state index contributed by atoms with van der Waals surface area (Å²) in [5, 5.41) is 4.15. The minimum atomic E-state index is -0.458. The average molecular weight is 391 g/mol. The highest BCUT2D eigenvalue weighted by Gasteiger charge is 2.41. The van der Waals surface area contributed by atoms with Gasteiger partial charge in [-0.3, -0.25) is 4.79 Å². The highest BCUT2D eigenvalue weighted by Crippen LogP contribution is 2.39. The van der Waals surface area contributed by atoms with Crippen LogP contribution in [0.25, 0.3) is 0 Å². The van der Waals surface area contributed by atoms with Gasteiger partial charge in [0, 0.05) is 18.9 Å². The number of hydrogen-bond donors (Lipinski definition) is 1. The summed E-state index contributed by atoms with van der Waals surface area (Å²) in [6.07, 6.45) is 4.36. The normalized spacial score (nSPS) is 21.6. The Labute approximate surface area is 165 Å². The molecule has 1 fully saturated rings. The van der Waals surface area contributed by atoms with E-state index in [-0.39, 0.29) is 30.3 Å². The molecule has 146 valence electrons. The zero-order chi connectivity index (χ0) is 18.3. The number of aromatic nitrogens is 2. The van der Waals surface area contributed by atoms with Gasteiger partial charge in [-0.1, -0.05) is 43.3 Å². The van der Waals surface area contributed by atoms with Crippen molar-refractivity contribution in [3.8, 4) is 0 Å². The molecule has 1 aromatic carbocycles. The van der Waals surface area contributed by atoms with Crippen LogP contribution in [0.1, 0.15) is 68.4 Å². The van der Waals surface area contributed by atoms with Gasteiger partial charge in [-0.25, -0.2) is 0 Å². The molecule has 2 N–H and O–H groups in total. The van der Waals surface area contributed by atoms with E-state index in [0.29, 0.717) is 24.7 Å². The second-order valence-electron chi connectivity index (χ2n) is 7.73. The van der Waals surface area contributed by atoms with Crippen LogP contribution in [0.2, 0.25) is 0 Å². The number of hydrogen-bond acceptors (Lipinski definition) is 5. The first-order chi connectivity index (χ1) is 12.5. The largest absolute Gasteiger partial charge is 0.337 e. The molecule has 2 atom stereocenters. The van der Waals surface area contributed by atoms with E-state index in [2.05, 4.69) is 22.3 Å². The highest BCUT2D eigenvalue weighted by molar-refractivity contribution is 5.85. The third-order valence-corrected chi connectivity index (χ3v) is 5.98. The third kappa shape index (κ3) is 3.48. The quantitative estimate of drug-likeness (QED) is 0.863. The van der Waals surface area contributed by atoms with E-state index < -0.39 is 5.54 Å². The van der Waals surface area contributed by atoms with Crippen LogP contribution >= 0.6 is 12.4 Å². The first-order valence-corrected chi connectivity index (χ1v) is 9.52. The van der Waals surface area contributed by atoms with E-state index in [0.717, 1.165) is 25.7 Å². The Morgan fingerprint density at radius 1 is 1.37 bits per heavy atom. The second-order valence-corrected chi connectivity index (χ2v) is 7.73. The Hall–Kier alpha value is -1.92. The molecule has 2 heterocycles. The summed E-state index contributed by atoms with van der Waals surface area (Å²) < 4.78 is 5.60. The Morgan fingerprint density at radius 2 is 2.07 bits per heavy atom. The molecule has 6 nitrogen and oxygen atoms in total. The molecule has 1 aliphatic carbocycles. The third-order valence-electron chi connectivity index (χ3n) is 5.98. The first-order valence-electron chi connectivity index (χ1n) is 9.52. The maximum Gasteiger partial charge on any atom is 0.249 e. The van der Waals surface area contributed by atoms with Gasteiger partial charge >= 0.3 is 0 Å². The Morgan fingerprint density at radius 3 is 2.70 bits per heavy atom. The molecular weight excluding hydrogens is 364 g/mol. The fraction of sp³-hybridized carbons (Fsp3) is 0.550. The zero-order valence-corrected chi connectivity index (χ0v) is 16.7. The number of rotatable bonds is 4. The van der Waals surface area contributed by atoms with Crippen molar-refractivity contribution in [3.63, 3.8) is 0 Å². The molecule has 0 radical (unpaired) electrons. The summed E-state index contributed by atoms with van der Waals surface area (Å²) in [7, 11) is 0. The molecule has 7 heteroatoms. The average Bonchev–Trinajstić information content (AvgIpc) is 3.14. The van der Waals surface area contributed by atoms with Crippen LogP contribution in [-0.4, -0.2) is 20.9 Å². The Kier molecular flexibility index (Phi) is 5.58. The van der Waals surface area contributed by atoms with Gasteiger partial charge in [0.1, 0.15) is 6.04 Å². The van der Waals surface area contributed by atoms with E-state index in [4.69, 9.17) is 10.3 Å². The molecular formula is C20H27ClN4O2. The predicted molar refractivity (Wildman–Crippen MR) is 104 cm³/mol. The van der Waals surface area contributed by atoms with Crippen LogP contribution in [0.4, 0.5) is 0 Å². The molecule has 1 aliphatic heterocycles. The van der Waals surface area contributed by atoms with Crippen LogP contribution in [0.5, 0.6) is 0 Å². The molecule has 2 aromatic rings. The lowest BCUT2D eigenvalue weighted by molar-refractivity contribution is -0.139. The number of carbonyl (C=O) groups is 1. The molecule has 0 spiro atoms. The van der Waals surface area contributed by atoms with Gasteiger partial charge in [-0.05, 0) is 36.8 Å². The van der Waals surface area contributed by atoms with Gasteiger partial charge in [-0.2, -0.15) is 4.98 Å². The van der Waals surface area contributed by atoms with Crippen molar-refractivity contribution in [2.45, 2.75) is 64.1 Å². The minimum absolute atomic E-state index is 0.